The van der Waals surface area contributed by atoms with Gasteiger partial charge in [0.1, 0.15) is 0 Å². The van der Waals surface area contributed by atoms with Gasteiger partial charge in [-0.25, -0.2) is 12.7 Å². The minimum absolute atomic E-state index is 0.00956. The van der Waals surface area contributed by atoms with E-state index in [4.69, 9.17) is 4.74 Å². The van der Waals surface area contributed by atoms with Crippen molar-refractivity contribution in [2.75, 3.05) is 31.9 Å². The van der Waals surface area contributed by atoms with Crippen molar-refractivity contribution >= 4 is 15.9 Å². The van der Waals surface area contributed by atoms with Gasteiger partial charge < -0.3 is 9.64 Å². The van der Waals surface area contributed by atoms with Gasteiger partial charge in [0.05, 0.1) is 17.5 Å². The fourth-order valence-corrected chi connectivity index (χ4v) is 4.49. The van der Waals surface area contributed by atoms with Gasteiger partial charge in [-0.05, 0) is 27.2 Å². The number of rotatable bonds is 3. The molecule has 0 saturated carbocycles. The van der Waals surface area contributed by atoms with Crippen LogP contribution in [0.15, 0.2) is 0 Å². The van der Waals surface area contributed by atoms with Crippen LogP contribution in [0.2, 0.25) is 0 Å². The first-order valence-electron chi connectivity index (χ1n) is 7.13. The summed E-state index contributed by atoms with van der Waals surface area (Å²) in [5, 5.41) is 0. The highest BCUT2D eigenvalue weighted by atomic mass is 32.2. The molecule has 6 nitrogen and oxygen atoms in total. The summed E-state index contributed by atoms with van der Waals surface area (Å²) in [6, 6.07) is 0. The van der Waals surface area contributed by atoms with E-state index in [1.54, 1.807) is 4.90 Å². The maximum absolute atomic E-state index is 12.2. The number of amides is 1. The largest absolute Gasteiger partial charge is 0.369 e. The number of morpholine rings is 1. The molecule has 20 heavy (non-hydrogen) atoms. The third-order valence-electron chi connectivity index (χ3n) is 3.70. The molecule has 0 bridgehead atoms. The van der Waals surface area contributed by atoms with E-state index in [9.17, 15) is 13.2 Å². The van der Waals surface area contributed by atoms with E-state index in [-0.39, 0.29) is 29.8 Å². The van der Waals surface area contributed by atoms with Gasteiger partial charge in [0.2, 0.25) is 15.9 Å². The molecule has 2 heterocycles. The second-order valence-corrected chi connectivity index (χ2v) is 8.37. The first-order valence-corrected chi connectivity index (χ1v) is 8.74. The summed E-state index contributed by atoms with van der Waals surface area (Å²) >= 11 is 0. The number of hydrogen-bond acceptors (Lipinski definition) is 4. The molecule has 2 saturated heterocycles. The zero-order valence-corrected chi connectivity index (χ0v) is 13.3. The lowest BCUT2D eigenvalue weighted by molar-refractivity contribution is -0.158. The Labute approximate surface area is 121 Å². The Bertz CT molecular complexity index is 475. The Morgan fingerprint density at radius 2 is 2.10 bits per heavy atom. The van der Waals surface area contributed by atoms with E-state index in [0.717, 1.165) is 0 Å². The summed E-state index contributed by atoms with van der Waals surface area (Å²) in [7, 11) is -3.11. The molecule has 0 aromatic rings. The number of hydrogen-bond donors (Lipinski definition) is 0. The van der Waals surface area contributed by atoms with Crippen LogP contribution in [0.1, 0.15) is 33.6 Å². The molecule has 2 rings (SSSR count). The van der Waals surface area contributed by atoms with Crippen molar-refractivity contribution in [3.8, 4) is 0 Å². The van der Waals surface area contributed by atoms with E-state index < -0.39 is 10.0 Å². The Morgan fingerprint density at radius 3 is 2.65 bits per heavy atom. The van der Waals surface area contributed by atoms with Crippen molar-refractivity contribution in [3.05, 3.63) is 0 Å². The smallest absolute Gasteiger partial charge is 0.224 e. The number of ether oxygens (including phenoxy) is 1. The van der Waals surface area contributed by atoms with Crippen molar-refractivity contribution in [1.82, 2.24) is 9.21 Å². The standard InChI is InChI=1S/C13H24N2O4S/c1-11-9-14(10-13(2,3)19-11)12(16)5-7-15-6-4-8-20(15,17)18/h11H,4-10H2,1-3H3. The topological polar surface area (TPSA) is 66.9 Å². The third-order valence-corrected chi connectivity index (χ3v) is 5.66. The SMILES string of the molecule is CC1CN(C(=O)CCN2CCCS2(=O)=O)CC(C)(C)O1. The maximum atomic E-state index is 12.2. The van der Waals surface area contributed by atoms with E-state index >= 15 is 0 Å². The van der Waals surface area contributed by atoms with E-state index in [2.05, 4.69) is 0 Å². The van der Waals surface area contributed by atoms with Crippen LogP contribution in [0.3, 0.4) is 0 Å². The van der Waals surface area contributed by atoms with Gasteiger partial charge in [-0.1, -0.05) is 0 Å². The highest BCUT2D eigenvalue weighted by Gasteiger charge is 2.34. The zero-order chi connectivity index (χ0) is 15.0. The van der Waals surface area contributed by atoms with Crippen LogP contribution in [0.5, 0.6) is 0 Å². The van der Waals surface area contributed by atoms with Gasteiger partial charge in [0, 0.05) is 32.6 Å². The van der Waals surface area contributed by atoms with Gasteiger partial charge in [-0.3, -0.25) is 4.79 Å². The fourth-order valence-electron chi connectivity index (χ4n) is 2.96. The Balaban J connectivity index is 1.89. The Kier molecular flexibility index (Phi) is 4.41. The van der Waals surface area contributed by atoms with Crippen LogP contribution in [0, 0.1) is 0 Å². The molecule has 116 valence electrons. The Hall–Kier alpha value is -0.660. The number of nitrogens with zero attached hydrogens (tertiary/aromatic N) is 2. The number of sulfonamides is 1. The van der Waals surface area contributed by atoms with Crippen molar-refractivity contribution in [2.24, 2.45) is 0 Å². The minimum Gasteiger partial charge on any atom is -0.369 e. The molecule has 0 aliphatic carbocycles. The fraction of sp³-hybridized carbons (Fsp3) is 0.923. The first kappa shape index (κ1) is 15.7. The summed E-state index contributed by atoms with van der Waals surface area (Å²) in [6.45, 7) is 7.86. The minimum atomic E-state index is -3.11. The lowest BCUT2D eigenvalue weighted by Crippen LogP contribution is -2.54. The van der Waals surface area contributed by atoms with Crippen LogP contribution < -0.4 is 0 Å². The van der Waals surface area contributed by atoms with Crippen LogP contribution in [0.25, 0.3) is 0 Å². The summed E-state index contributed by atoms with van der Waals surface area (Å²) < 4.78 is 30.6. The second kappa shape index (κ2) is 5.61. The van der Waals surface area contributed by atoms with E-state index in [1.807, 2.05) is 20.8 Å². The molecule has 0 N–H and O–H groups in total. The van der Waals surface area contributed by atoms with Gasteiger partial charge in [0.15, 0.2) is 0 Å². The number of carbonyl (C=O) groups is 1. The lowest BCUT2D eigenvalue weighted by atomic mass is 10.1. The molecular formula is C13H24N2O4S. The summed E-state index contributed by atoms with van der Waals surface area (Å²) in [4.78, 5) is 14.0. The summed E-state index contributed by atoms with van der Waals surface area (Å²) in [5.74, 6) is 0.221. The molecule has 1 unspecified atom stereocenters. The molecule has 0 spiro atoms. The molecule has 7 heteroatoms. The Morgan fingerprint density at radius 1 is 1.40 bits per heavy atom. The quantitative estimate of drug-likeness (QED) is 0.759. The van der Waals surface area contributed by atoms with Crippen molar-refractivity contribution in [2.45, 2.75) is 45.3 Å². The van der Waals surface area contributed by atoms with Crippen LogP contribution >= 0.6 is 0 Å². The molecule has 0 aromatic carbocycles. The van der Waals surface area contributed by atoms with Gasteiger partial charge in [0.25, 0.3) is 0 Å². The van der Waals surface area contributed by atoms with Crippen molar-refractivity contribution in [1.29, 1.82) is 0 Å². The summed E-state index contributed by atoms with van der Waals surface area (Å²) in [5.41, 5.74) is -0.340. The molecule has 0 aromatic heterocycles. The molecule has 2 aliphatic heterocycles. The molecule has 2 aliphatic rings. The summed E-state index contributed by atoms with van der Waals surface area (Å²) in [6.07, 6.45) is 0.929. The monoisotopic (exact) mass is 304 g/mol. The molecular weight excluding hydrogens is 280 g/mol. The average Bonchev–Trinajstić information content (AvgIpc) is 2.62. The van der Waals surface area contributed by atoms with Gasteiger partial charge in [-0.2, -0.15) is 0 Å². The molecule has 1 atom stereocenters. The normalized spacial score (nSPS) is 29.6. The lowest BCUT2D eigenvalue weighted by Gasteiger charge is -2.41. The van der Waals surface area contributed by atoms with Crippen LogP contribution in [-0.2, 0) is 19.6 Å². The average molecular weight is 304 g/mol. The van der Waals surface area contributed by atoms with E-state index in [0.29, 0.717) is 32.6 Å². The third kappa shape index (κ3) is 3.71. The highest BCUT2D eigenvalue weighted by molar-refractivity contribution is 7.89. The van der Waals surface area contributed by atoms with Crippen LogP contribution in [-0.4, -0.2) is 67.2 Å². The molecule has 1 amide bonds. The van der Waals surface area contributed by atoms with Gasteiger partial charge >= 0.3 is 0 Å². The second-order valence-electron chi connectivity index (χ2n) is 6.28. The van der Waals surface area contributed by atoms with Gasteiger partial charge in [-0.15, -0.1) is 0 Å². The van der Waals surface area contributed by atoms with Crippen molar-refractivity contribution < 1.29 is 17.9 Å². The predicted octanol–water partition coefficient (Wildman–Crippen LogP) is 0.438. The molecule has 0 radical (unpaired) electrons. The van der Waals surface area contributed by atoms with Crippen molar-refractivity contribution in [3.63, 3.8) is 0 Å². The number of carbonyl (C=O) groups excluding carboxylic acids is 1. The highest BCUT2D eigenvalue weighted by Crippen LogP contribution is 2.21. The van der Waals surface area contributed by atoms with E-state index in [1.165, 1.54) is 4.31 Å². The predicted molar refractivity (Wildman–Crippen MR) is 75.8 cm³/mol. The first-order chi connectivity index (χ1) is 9.20. The van der Waals surface area contributed by atoms with Crippen LogP contribution in [0.4, 0.5) is 0 Å². The zero-order valence-electron chi connectivity index (χ0n) is 12.5. The molecule has 2 fully saturated rings. The maximum Gasteiger partial charge on any atom is 0.224 e.